The van der Waals surface area contributed by atoms with Crippen molar-refractivity contribution in [2.75, 3.05) is 18.6 Å². The van der Waals surface area contributed by atoms with Crippen molar-refractivity contribution in [2.24, 2.45) is 5.92 Å². The van der Waals surface area contributed by atoms with Crippen LogP contribution in [0.4, 0.5) is 0 Å². The standard InChI is InChI=1S/C15H19N3O3S/c1-21-15-5-3-2-4-13(15)14-11-18(17-16-14)10-12-6-8-22(19,20)9-7-12/h2-5,11-12H,6-10H2,1H3. The molecule has 0 N–H and O–H groups in total. The van der Waals surface area contributed by atoms with Gasteiger partial charge in [-0.2, -0.15) is 0 Å². The zero-order valence-corrected chi connectivity index (χ0v) is 13.3. The SMILES string of the molecule is COc1ccccc1-c1cn(CC2CCS(=O)(=O)CC2)nn1. The van der Waals surface area contributed by atoms with Gasteiger partial charge in [0.2, 0.25) is 0 Å². The van der Waals surface area contributed by atoms with Crippen molar-refractivity contribution in [1.82, 2.24) is 15.0 Å². The van der Waals surface area contributed by atoms with Crippen LogP contribution >= 0.6 is 0 Å². The lowest BCUT2D eigenvalue weighted by atomic mass is 10.0. The second kappa shape index (κ2) is 6.08. The Kier molecular flexibility index (Phi) is 4.15. The maximum absolute atomic E-state index is 11.5. The Bertz CT molecular complexity index is 741. The molecule has 0 unspecified atom stereocenters. The summed E-state index contributed by atoms with van der Waals surface area (Å²) in [7, 11) is -1.19. The summed E-state index contributed by atoms with van der Waals surface area (Å²) in [6.07, 6.45) is 3.29. The Morgan fingerprint density at radius 3 is 2.73 bits per heavy atom. The number of ether oxygens (including phenoxy) is 1. The molecule has 0 aliphatic carbocycles. The number of sulfone groups is 1. The number of methoxy groups -OCH3 is 1. The number of nitrogens with zero attached hydrogens (tertiary/aromatic N) is 3. The van der Waals surface area contributed by atoms with Crippen molar-refractivity contribution in [3.8, 4) is 17.0 Å². The van der Waals surface area contributed by atoms with Gasteiger partial charge in [-0.1, -0.05) is 17.3 Å². The summed E-state index contributed by atoms with van der Waals surface area (Å²) in [4.78, 5) is 0. The van der Waals surface area contributed by atoms with Crippen LogP contribution in [0.15, 0.2) is 30.5 Å². The zero-order chi connectivity index (χ0) is 15.6. The fourth-order valence-electron chi connectivity index (χ4n) is 2.75. The van der Waals surface area contributed by atoms with Gasteiger partial charge in [-0.25, -0.2) is 8.42 Å². The molecule has 3 rings (SSSR count). The smallest absolute Gasteiger partial charge is 0.150 e. The number of hydrogen-bond donors (Lipinski definition) is 0. The van der Waals surface area contributed by atoms with Crippen LogP contribution in [0.1, 0.15) is 12.8 Å². The van der Waals surface area contributed by atoms with Gasteiger partial charge in [0, 0.05) is 12.1 Å². The van der Waals surface area contributed by atoms with E-state index in [2.05, 4.69) is 10.3 Å². The first-order valence-electron chi connectivity index (χ1n) is 7.31. The van der Waals surface area contributed by atoms with Gasteiger partial charge < -0.3 is 4.74 Å². The van der Waals surface area contributed by atoms with Crippen molar-refractivity contribution in [1.29, 1.82) is 0 Å². The van der Waals surface area contributed by atoms with E-state index in [0.717, 1.165) is 17.0 Å². The minimum atomic E-state index is -2.82. The molecule has 2 heterocycles. The third-order valence-electron chi connectivity index (χ3n) is 4.04. The Morgan fingerprint density at radius 2 is 2.00 bits per heavy atom. The van der Waals surface area contributed by atoms with Crippen molar-refractivity contribution in [3.63, 3.8) is 0 Å². The summed E-state index contributed by atoms with van der Waals surface area (Å²) < 4.78 is 30.1. The number of hydrogen-bond acceptors (Lipinski definition) is 5. The van der Waals surface area contributed by atoms with Gasteiger partial charge in [-0.3, -0.25) is 4.68 Å². The fraction of sp³-hybridized carbons (Fsp3) is 0.467. The number of benzene rings is 1. The van der Waals surface area contributed by atoms with Gasteiger partial charge in [0.1, 0.15) is 21.3 Å². The van der Waals surface area contributed by atoms with Crippen LogP contribution < -0.4 is 4.74 Å². The molecule has 0 atom stereocenters. The molecule has 7 heteroatoms. The molecule has 0 amide bonds. The lowest BCUT2D eigenvalue weighted by Crippen LogP contribution is -2.26. The molecule has 1 aliphatic rings. The molecule has 2 aromatic rings. The first kappa shape index (κ1) is 15.0. The Morgan fingerprint density at radius 1 is 1.27 bits per heavy atom. The Labute approximate surface area is 130 Å². The van der Waals surface area contributed by atoms with E-state index >= 15 is 0 Å². The summed E-state index contributed by atoms with van der Waals surface area (Å²) >= 11 is 0. The first-order chi connectivity index (χ1) is 10.6. The Hall–Kier alpha value is -1.89. The summed E-state index contributed by atoms with van der Waals surface area (Å²) in [6, 6.07) is 7.68. The highest BCUT2D eigenvalue weighted by atomic mass is 32.2. The third kappa shape index (κ3) is 3.30. The highest BCUT2D eigenvalue weighted by Gasteiger charge is 2.24. The molecule has 22 heavy (non-hydrogen) atoms. The molecule has 1 saturated heterocycles. The van der Waals surface area contributed by atoms with Gasteiger partial charge in [0.15, 0.2) is 0 Å². The molecule has 1 aliphatic heterocycles. The summed E-state index contributed by atoms with van der Waals surface area (Å²) in [5.74, 6) is 1.67. The average molecular weight is 321 g/mol. The largest absolute Gasteiger partial charge is 0.496 e. The highest BCUT2D eigenvalue weighted by molar-refractivity contribution is 7.91. The molecule has 1 fully saturated rings. The lowest BCUT2D eigenvalue weighted by molar-refractivity contribution is 0.379. The predicted octanol–water partition coefficient (Wildman–Crippen LogP) is 1.78. The third-order valence-corrected chi connectivity index (χ3v) is 5.76. The summed E-state index contributed by atoms with van der Waals surface area (Å²) in [5, 5.41) is 8.36. The normalized spacial score (nSPS) is 18.2. The van der Waals surface area contributed by atoms with Gasteiger partial charge in [-0.15, -0.1) is 5.10 Å². The molecular weight excluding hydrogens is 302 g/mol. The monoisotopic (exact) mass is 321 g/mol. The van der Waals surface area contributed by atoms with E-state index in [0.29, 0.717) is 25.3 Å². The van der Waals surface area contributed by atoms with E-state index in [-0.39, 0.29) is 11.5 Å². The van der Waals surface area contributed by atoms with E-state index in [9.17, 15) is 8.42 Å². The zero-order valence-electron chi connectivity index (χ0n) is 12.5. The lowest BCUT2D eigenvalue weighted by Gasteiger charge is -2.21. The highest BCUT2D eigenvalue weighted by Crippen LogP contribution is 2.28. The second-order valence-electron chi connectivity index (χ2n) is 5.62. The summed E-state index contributed by atoms with van der Waals surface area (Å²) in [6.45, 7) is 0.706. The van der Waals surface area contributed by atoms with Crippen molar-refractivity contribution >= 4 is 9.84 Å². The maximum Gasteiger partial charge on any atom is 0.150 e. The first-order valence-corrected chi connectivity index (χ1v) is 9.13. The number of aromatic nitrogens is 3. The average Bonchev–Trinajstić information content (AvgIpc) is 2.98. The van der Waals surface area contributed by atoms with Crippen LogP contribution in [-0.2, 0) is 16.4 Å². The topological polar surface area (TPSA) is 74.1 Å². The number of rotatable bonds is 4. The van der Waals surface area contributed by atoms with E-state index in [1.54, 1.807) is 11.8 Å². The van der Waals surface area contributed by atoms with Crippen molar-refractivity contribution in [3.05, 3.63) is 30.5 Å². The van der Waals surface area contributed by atoms with Crippen LogP contribution in [0.25, 0.3) is 11.3 Å². The van der Waals surface area contributed by atoms with E-state index in [4.69, 9.17) is 4.74 Å². The molecule has 0 radical (unpaired) electrons. The van der Waals surface area contributed by atoms with Gasteiger partial charge in [-0.05, 0) is 30.9 Å². The van der Waals surface area contributed by atoms with Gasteiger partial charge in [0.05, 0.1) is 24.8 Å². The molecule has 1 aromatic heterocycles. The van der Waals surface area contributed by atoms with Crippen LogP contribution in [0, 0.1) is 5.92 Å². The Balaban J connectivity index is 1.72. The predicted molar refractivity (Wildman–Crippen MR) is 83.4 cm³/mol. The number of para-hydroxylation sites is 1. The van der Waals surface area contributed by atoms with Gasteiger partial charge >= 0.3 is 0 Å². The van der Waals surface area contributed by atoms with Crippen LogP contribution in [0.2, 0.25) is 0 Å². The van der Waals surface area contributed by atoms with E-state index < -0.39 is 9.84 Å². The van der Waals surface area contributed by atoms with Gasteiger partial charge in [0.25, 0.3) is 0 Å². The molecule has 0 bridgehead atoms. The molecule has 0 spiro atoms. The van der Waals surface area contributed by atoms with Crippen molar-refractivity contribution < 1.29 is 13.2 Å². The van der Waals surface area contributed by atoms with Crippen molar-refractivity contribution in [2.45, 2.75) is 19.4 Å². The van der Waals surface area contributed by atoms with E-state index in [1.807, 2.05) is 30.5 Å². The fourth-order valence-corrected chi connectivity index (χ4v) is 4.34. The molecule has 0 saturated carbocycles. The second-order valence-corrected chi connectivity index (χ2v) is 7.92. The molecule has 1 aromatic carbocycles. The molecule has 6 nitrogen and oxygen atoms in total. The van der Waals surface area contributed by atoms with E-state index in [1.165, 1.54) is 0 Å². The summed E-state index contributed by atoms with van der Waals surface area (Å²) in [5.41, 5.74) is 1.67. The minimum Gasteiger partial charge on any atom is -0.496 e. The molecular formula is C15H19N3O3S. The quantitative estimate of drug-likeness (QED) is 0.858. The molecule has 118 valence electrons. The van der Waals surface area contributed by atoms with Crippen LogP contribution in [0.5, 0.6) is 5.75 Å². The van der Waals surface area contributed by atoms with Crippen LogP contribution in [-0.4, -0.2) is 42.0 Å². The minimum absolute atomic E-state index is 0.283. The maximum atomic E-state index is 11.5. The van der Waals surface area contributed by atoms with Crippen LogP contribution in [0.3, 0.4) is 0 Å².